The van der Waals surface area contributed by atoms with Crippen molar-refractivity contribution in [2.24, 2.45) is 0 Å². The van der Waals surface area contributed by atoms with Gasteiger partial charge in [-0.3, -0.25) is 9.69 Å². The minimum absolute atomic E-state index is 0.00205. The van der Waals surface area contributed by atoms with Crippen LogP contribution in [0.5, 0.6) is 0 Å². The SMILES string of the molecule is Cc1cc(C2CC2)cnc1N1CCN(C(=O)c2ccc(N3C(=O)OCC3COC(=O)c3ccccc3)cc2)CC1. The summed E-state index contributed by atoms with van der Waals surface area (Å²) in [5.74, 6) is 1.18. The van der Waals surface area contributed by atoms with E-state index in [9.17, 15) is 14.4 Å². The van der Waals surface area contributed by atoms with Crippen LogP contribution in [0.3, 0.4) is 0 Å². The molecule has 1 aromatic heterocycles. The van der Waals surface area contributed by atoms with Crippen LogP contribution in [0, 0.1) is 6.92 Å². The molecule has 9 heteroatoms. The normalized spacial score (nSPS) is 19.0. The fourth-order valence-corrected chi connectivity index (χ4v) is 5.36. The molecule has 3 heterocycles. The number of hydrogen-bond acceptors (Lipinski definition) is 7. The molecule has 3 fully saturated rings. The van der Waals surface area contributed by atoms with E-state index < -0.39 is 18.1 Å². The van der Waals surface area contributed by atoms with Crippen LogP contribution < -0.4 is 9.80 Å². The second-order valence-electron chi connectivity index (χ2n) is 10.6. The van der Waals surface area contributed by atoms with Crippen molar-refractivity contribution in [2.75, 3.05) is 49.2 Å². The molecule has 1 saturated carbocycles. The summed E-state index contributed by atoms with van der Waals surface area (Å²) in [6.07, 6.45) is 4.02. The van der Waals surface area contributed by atoms with Crippen LogP contribution in [0.4, 0.5) is 16.3 Å². The predicted molar refractivity (Wildman–Crippen MR) is 150 cm³/mol. The first kappa shape index (κ1) is 25.9. The van der Waals surface area contributed by atoms with Crippen molar-refractivity contribution in [3.63, 3.8) is 0 Å². The van der Waals surface area contributed by atoms with E-state index in [-0.39, 0.29) is 19.1 Å². The summed E-state index contributed by atoms with van der Waals surface area (Å²) < 4.78 is 10.7. The first-order chi connectivity index (χ1) is 19.5. The summed E-state index contributed by atoms with van der Waals surface area (Å²) in [5, 5.41) is 0. The molecule has 3 aromatic rings. The largest absolute Gasteiger partial charge is 0.460 e. The van der Waals surface area contributed by atoms with Gasteiger partial charge in [0.1, 0.15) is 25.1 Å². The number of esters is 1. The van der Waals surface area contributed by atoms with Crippen molar-refractivity contribution in [3.05, 3.63) is 89.1 Å². The standard InChI is InChI=1S/C31H32N4O5/c1-21-17-25(22-7-8-22)18-32-28(21)33-13-15-34(16-14-33)29(36)23-9-11-26(12-10-23)35-27(20-40-31(35)38)19-39-30(37)24-5-3-2-4-6-24/h2-6,9-12,17-18,22,27H,7-8,13-16,19-20H2,1H3. The lowest BCUT2D eigenvalue weighted by molar-refractivity contribution is 0.0475. The third-order valence-corrected chi connectivity index (χ3v) is 7.76. The number of amides is 2. The smallest absolute Gasteiger partial charge is 0.414 e. The summed E-state index contributed by atoms with van der Waals surface area (Å²) in [6, 6.07) is 17.4. The van der Waals surface area contributed by atoms with E-state index in [1.54, 1.807) is 48.5 Å². The monoisotopic (exact) mass is 540 g/mol. The first-order valence-electron chi connectivity index (χ1n) is 13.8. The van der Waals surface area contributed by atoms with Gasteiger partial charge in [0.2, 0.25) is 0 Å². The molecule has 0 spiro atoms. The van der Waals surface area contributed by atoms with Gasteiger partial charge in [0.05, 0.1) is 5.56 Å². The first-order valence-corrected chi connectivity index (χ1v) is 13.8. The Bertz CT molecular complexity index is 1400. The minimum Gasteiger partial charge on any atom is -0.460 e. The molecule has 2 aromatic carbocycles. The molecular weight excluding hydrogens is 508 g/mol. The zero-order valence-corrected chi connectivity index (χ0v) is 22.5. The van der Waals surface area contributed by atoms with Crippen LogP contribution in [0.2, 0.25) is 0 Å². The Morgan fingerprint density at radius 2 is 1.70 bits per heavy atom. The number of nitrogens with zero attached hydrogens (tertiary/aromatic N) is 4. The van der Waals surface area contributed by atoms with Gasteiger partial charge in [0.15, 0.2) is 0 Å². The number of rotatable bonds is 7. The molecule has 2 amide bonds. The molecule has 0 bridgehead atoms. The molecule has 6 rings (SSSR count). The van der Waals surface area contributed by atoms with E-state index in [2.05, 4.69) is 17.9 Å². The Morgan fingerprint density at radius 1 is 0.975 bits per heavy atom. The Morgan fingerprint density at radius 3 is 2.38 bits per heavy atom. The highest BCUT2D eigenvalue weighted by atomic mass is 16.6. The van der Waals surface area contributed by atoms with Gasteiger partial charge >= 0.3 is 12.1 Å². The van der Waals surface area contributed by atoms with Crippen molar-refractivity contribution in [1.82, 2.24) is 9.88 Å². The van der Waals surface area contributed by atoms with Gasteiger partial charge < -0.3 is 19.3 Å². The zero-order chi connectivity index (χ0) is 27.6. The number of aromatic nitrogens is 1. The lowest BCUT2D eigenvalue weighted by atomic mass is 10.1. The second kappa shape index (κ2) is 11.0. The topological polar surface area (TPSA) is 92.3 Å². The molecule has 1 atom stereocenters. The van der Waals surface area contributed by atoms with Crippen LogP contribution in [-0.4, -0.2) is 73.3 Å². The van der Waals surface area contributed by atoms with E-state index in [1.807, 2.05) is 17.2 Å². The number of piperazine rings is 1. The number of pyridine rings is 1. The van der Waals surface area contributed by atoms with Crippen LogP contribution in [0.25, 0.3) is 0 Å². The van der Waals surface area contributed by atoms with Crippen molar-refractivity contribution in [1.29, 1.82) is 0 Å². The third-order valence-electron chi connectivity index (χ3n) is 7.76. The molecule has 0 N–H and O–H groups in total. The molecule has 1 aliphatic carbocycles. The van der Waals surface area contributed by atoms with E-state index in [0.717, 1.165) is 18.9 Å². The lowest BCUT2D eigenvalue weighted by Gasteiger charge is -2.36. The molecule has 3 aliphatic rings. The van der Waals surface area contributed by atoms with E-state index in [0.29, 0.717) is 35.8 Å². The van der Waals surface area contributed by atoms with Crippen molar-refractivity contribution >= 4 is 29.5 Å². The van der Waals surface area contributed by atoms with Crippen LogP contribution >= 0.6 is 0 Å². The maximum atomic E-state index is 13.2. The van der Waals surface area contributed by atoms with E-state index in [4.69, 9.17) is 14.5 Å². The molecule has 40 heavy (non-hydrogen) atoms. The molecule has 9 nitrogen and oxygen atoms in total. The van der Waals surface area contributed by atoms with Gasteiger partial charge in [0.25, 0.3) is 5.91 Å². The summed E-state index contributed by atoms with van der Waals surface area (Å²) in [5.41, 5.74) is 4.11. The number of carbonyl (C=O) groups excluding carboxylic acids is 3. The van der Waals surface area contributed by atoms with Crippen LogP contribution in [-0.2, 0) is 9.47 Å². The summed E-state index contributed by atoms with van der Waals surface area (Å²) >= 11 is 0. The Kier molecular flexibility index (Phi) is 7.11. The van der Waals surface area contributed by atoms with Crippen LogP contribution in [0.15, 0.2) is 66.9 Å². The minimum atomic E-state index is -0.509. The number of cyclic esters (lactones) is 1. The van der Waals surface area contributed by atoms with Crippen molar-refractivity contribution in [3.8, 4) is 0 Å². The molecule has 2 saturated heterocycles. The summed E-state index contributed by atoms with van der Waals surface area (Å²) in [7, 11) is 0. The van der Waals surface area contributed by atoms with Crippen molar-refractivity contribution < 1.29 is 23.9 Å². The third kappa shape index (κ3) is 5.36. The Hall–Kier alpha value is -4.40. The molecule has 206 valence electrons. The number of ether oxygens (including phenoxy) is 2. The number of hydrogen-bond donors (Lipinski definition) is 0. The quantitative estimate of drug-likeness (QED) is 0.410. The van der Waals surface area contributed by atoms with E-state index in [1.165, 1.54) is 28.9 Å². The Balaban J connectivity index is 1.05. The predicted octanol–water partition coefficient (Wildman–Crippen LogP) is 4.41. The highest BCUT2D eigenvalue weighted by Crippen LogP contribution is 2.40. The average molecular weight is 541 g/mol. The van der Waals surface area contributed by atoms with Crippen LogP contribution in [0.1, 0.15) is 50.6 Å². The highest BCUT2D eigenvalue weighted by Gasteiger charge is 2.35. The summed E-state index contributed by atoms with van der Waals surface area (Å²) in [6.45, 7) is 4.90. The maximum absolute atomic E-state index is 13.2. The number of aryl methyl sites for hydroxylation is 1. The summed E-state index contributed by atoms with van der Waals surface area (Å²) in [4.78, 5) is 48.4. The molecular formula is C31H32N4O5. The molecule has 2 aliphatic heterocycles. The van der Waals surface area contributed by atoms with Gasteiger partial charge in [-0.1, -0.05) is 24.3 Å². The van der Waals surface area contributed by atoms with Gasteiger partial charge in [-0.15, -0.1) is 0 Å². The highest BCUT2D eigenvalue weighted by molar-refractivity contribution is 5.96. The lowest BCUT2D eigenvalue weighted by Crippen LogP contribution is -2.49. The molecule has 0 radical (unpaired) electrons. The van der Waals surface area contributed by atoms with Gasteiger partial charge in [-0.05, 0) is 73.2 Å². The Labute approximate surface area is 233 Å². The fraction of sp³-hybridized carbons (Fsp3) is 0.355. The number of anilines is 2. The van der Waals surface area contributed by atoms with Gasteiger partial charge in [-0.25, -0.2) is 14.6 Å². The maximum Gasteiger partial charge on any atom is 0.414 e. The van der Waals surface area contributed by atoms with Crippen molar-refractivity contribution in [2.45, 2.75) is 31.7 Å². The van der Waals surface area contributed by atoms with Gasteiger partial charge in [0, 0.05) is 43.6 Å². The average Bonchev–Trinajstić information content (AvgIpc) is 3.78. The van der Waals surface area contributed by atoms with E-state index >= 15 is 0 Å². The zero-order valence-electron chi connectivity index (χ0n) is 22.5. The fourth-order valence-electron chi connectivity index (χ4n) is 5.36. The van der Waals surface area contributed by atoms with Gasteiger partial charge in [-0.2, -0.15) is 0 Å². The number of benzene rings is 2. The molecule has 1 unspecified atom stereocenters. The second-order valence-corrected chi connectivity index (χ2v) is 10.6. The number of carbonyl (C=O) groups is 3.